The molecule has 1 aromatic rings. The second-order valence-corrected chi connectivity index (χ2v) is 7.08. The highest BCUT2D eigenvalue weighted by Gasteiger charge is 2.30. The summed E-state index contributed by atoms with van der Waals surface area (Å²) in [5.74, 6) is -2.01. The number of halogens is 1. The molecule has 0 unspecified atom stereocenters. The number of aliphatic carboxylic acids is 1. The lowest BCUT2D eigenvalue weighted by atomic mass is 9.87. The topological polar surface area (TPSA) is 83.5 Å². The zero-order valence-electron chi connectivity index (χ0n) is 11.7. The Bertz CT molecular complexity index is 636. The predicted molar refractivity (Wildman–Crippen MR) is 74.8 cm³/mol. The molecule has 0 aliphatic heterocycles. The van der Waals surface area contributed by atoms with E-state index in [1.807, 2.05) is 0 Å². The summed E-state index contributed by atoms with van der Waals surface area (Å²) in [5, 5.41) is 8.91. The molecule has 2 N–H and O–H groups in total. The van der Waals surface area contributed by atoms with Gasteiger partial charge in [-0.1, -0.05) is 12.1 Å². The summed E-state index contributed by atoms with van der Waals surface area (Å²) in [6, 6.07) is 3.89. The third kappa shape index (κ3) is 3.59. The normalized spacial score (nSPS) is 23.0. The molecular weight excluding hydrogens is 297 g/mol. The van der Waals surface area contributed by atoms with E-state index in [2.05, 4.69) is 4.72 Å². The van der Waals surface area contributed by atoms with Gasteiger partial charge in [0.1, 0.15) is 10.7 Å². The van der Waals surface area contributed by atoms with Gasteiger partial charge in [-0.05, 0) is 44.2 Å². The van der Waals surface area contributed by atoms with Crippen LogP contribution in [0.5, 0.6) is 0 Å². The summed E-state index contributed by atoms with van der Waals surface area (Å²) in [4.78, 5) is 10.5. The number of carboxylic acid groups (broad SMARTS) is 1. The predicted octanol–water partition coefficient (Wildman–Crippen LogP) is 2.06. The van der Waals surface area contributed by atoms with Crippen molar-refractivity contribution in [1.29, 1.82) is 0 Å². The zero-order chi connectivity index (χ0) is 15.6. The maximum absolute atomic E-state index is 13.9. The molecule has 1 saturated carbocycles. The molecule has 2 rings (SSSR count). The van der Waals surface area contributed by atoms with Crippen molar-refractivity contribution in [2.75, 3.05) is 0 Å². The number of benzene rings is 1. The highest BCUT2D eigenvalue weighted by molar-refractivity contribution is 7.89. The number of carbonyl (C=O) groups is 1. The van der Waals surface area contributed by atoms with Gasteiger partial charge in [-0.25, -0.2) is 17.5 Å². The second-order valence-electron chi connectivity index (χ2n) is 5.40. The Morgan fingerprint density at radius 2 is 1.90 bits per heavy atom. The molecule has 0 aromatic heterocycles. The van der Waals surface area contributed by atoms with E-state index in [0.29, 0.717) is 25.7 Å². The van der Waals surface area contributed by atoms with Gasteiger partial charge in [0.25, 0.3) is 0 Å². The van der Waals surface area contributed by atoms with Crippen LogP contribution in [0.2, 0.25) is 0 Å². The number of hydrogen-bond acceptors (Lipinski definition) is 3. The van der Waals surface area contributed by atoms with Crippen LogP contribution >= 0.6 is 0 Å². The van der Waals surface area contributed by atoms with Crippen LogP contribution in [-0.2, 0) is 14.8 Å². The molecule has 1 aromatic carbocycles. The van der Waals surface area contributed by atoms with Gasteiger partial charge in [0.15, 0.2) is 0 Å². The minimum absolute atomic E-state index is 0.271. The van der Waals surface area contributed by atoms with Gasteiger partial charge in [-0.2, -0.15) is 0 Å². The molecule has 0 radical (unpaired) electrons. The molecule has 0 bridgehead atoms. The first kappa shape index (κ1) is 15.9. The van der Waals surface area contributed by atoms with Crippen molar-refractivity contribution >= 4 is 16.0 Å². The summed E-state index contributed by atoms with van der Waals surface area (Å²) in [6.07, 6.45) is 1.75. The number of sulfonamides is 1. The maximum atomic E-state index is 13.9. The van der Waals surface area contributed by atoms with Gasteiger partial charge in [-0.3, -0.25) is 4.79 Å². The minimum atomic E-state index is -3.92. The van der Waals surface area contributed by atoms with Crippen LogP contribution in [0.25, 0.3) is 0 Å². The fourth-order valence-electron chi connectivity index (χ4n) is 2.57. The first-order valence-corrected chi connectivity index (χ1v) is 8.30. The SMILES string of the molecule is Cc1cccc(S(=O)(=O)NC2CCC(C(=O)O)CC2)c1F. The summed E-state index contributed by atoms with van der Waals surface area (Å²) in [7, 11) is -3.92. The fraction of sp³-hybridized carbons (Fsp3) is 0.500. The smallest absolute Gasteiger partial charge is 0.306 e. The van der Waals surface area contributed by atoms with E-state index in [0.717, 1.165) is 0 Å². The summed E-state index contributed by atoms with van der Waals surface area (Å²) < 4.78 is 40.8. The van der Waals surface area contributed by atoms with Crippen molar-refractivity contribution in [3.05, 3.63) is 29.6 Å². The number of hydrogen-bond donors (Lipinski definition) is 2. The van der Waals surface area contributed by atoms with Gasteiger partial charge >= 0.3 is 5.97 Å². The molecule has 0 amide bonds. The van der Waals surface area contributed by atoms with E-state index in [1.165, 1.54) is 25.1 Å². The lowest BCUT2D eigenvalue weighted by Crippen LogP contribution is -2.39. The molecule has 116 valence electrons. The van der Waals surface area contributed by atoms with Gasteiger partial charge in [-0.15, -0.1) is 0 Å². The molecular formula is C14H18FNO4S. The lowest BCUT2D eigenvalue weighted by Gasteiger charge is -2.26. The molecule has 0 heterocycles. The van der Waals surface area contributed by atoms with Crippen LogP contribution in [0, 0.1) is 18.7 Å². The average molecular weight is 315 g/mol. The van der Waals surface area contributed by atoms with Crippen molar-refractivity contribution in [1.82, 2.24) is 4.72 Å². The average Bonchev–Trinajstić information content (AvgIpc) is 2.41. The van der Waals surface area contributed by atoms with Crippen LogP contribution < -0.4 is 4.72 Å². The van der Waals surface area contributed by atoms with Crippen LogP contribution in [0.3, 0.4) is 0 Å². The fourth-order valence-corrected chi connectivity index (χ4v) is 4.03. The van der Waals surface area contributed by atoms with Crippen molar-refractivity contribution in [3.63, 3.8) is 0 Å². The quantitative estimate of drug-likeness (QED) is 0.891. The number of nitrogens with one attached hydrogen (secondary N) is 1. The maximum Gasteiger partial charge on any atom is 0.306 e. The first-order chi connectivity index (χ1) is 9.81. The van der Waals surface area contributed by atoms with E-state index in [9.17, 15) is 17.6 Å². The summed E-state index contributed by atoms with van der Waals surface area (Å²) in [5.41, 5.74) is 0.271. The van der Waals surface area contributed by atoms with E-state index in [4.69, 9.17) is 5.11 Å². The molecule has 1 aliphatic rings. The highest BCUT2D eigenvalue weighted by atomic mass is 32.2. The van der Waals surface area contributed by atoms with Crippen LogP contribution in [0.15, 0.2) is 23.1 Å². The number of rotatable bonds is 4. The number of carboxylic acids is 1. The van der Waals surface area contributed by atoms with E-state index >= 15 is 0 Å². The van der Waals surface area contributed by atoms with Gasteiger partial charge in [0.05, 0.1) is 5.92 Å². The Balaban J connectivity index is 2.09. The molecule has 1 fully saturated rings. The van der Waals surface area contributed by atoms with E-state index in [-0.39, 0.29) is 16.5 Å². The Labute approximate surface area is 123 Å². The van der Waals surface area contributed by atoms with Gasteiger partial charge in [0, 0.05) is 6.04 Å². The summed E-state index contributed by atoms with van der Waals surface area (Å²) in [6.45, 7) is 1.51. The van der Waals surface area contributed by atoms with E-state index in [1.54, 1.807) is 0 Å². The first-order valence-electron chi connectivity index (χ1n) is 6.81. The monoisotopic (exact) mass is 315 g/mol. The van der Waals surface area contributed by atoms with Crippen molar-refractivity contribution in [2.24, 2.45) is 5.92 Å². The van der Waals surface area contributed by atoms with Crippen LogP contribution in [0.1, 0.15) is 31.2 Å². The Kier molecular flexibility index (Phi) is 4.63. The Hall–Kier alpha value is -1.47. The van der Waals surface area contributed by atoms with Crippen LogP contribution in [0.4, 0.5) is 4.39 Å². The zero-order valence-corrected chi connectivity index (χ0v) is 12.5. The van der Waals surface area contributed by atoms with Crippen molar-refractivity contribution in [3.8, 4) is 0 Å². The minimum Gasteiger partial charge on any atom is -0.481 e. The second kappa shape index (κ2) is 6.11. The van der Waals surface area contributed by atoms with Crippen molar-refractivity contribution < 1.29 is 22.7 Å². The summed E-state index contributed by atoms with van der Waals surface area (Å²) >= 11 is 0. The van der Waals surface area contributed by atoms with Crippen molar-refractivity contribution in [2.45, 2.75) is 43.5 Å². The molecule has 5 nitrogen and oxygen atoms in total. The highest BCUT2D eigenvalue weighted by Crippen LogP contribution is 2.26. The Morgan fingerprint density at radius 3 is 2.48 bits per heavy atom. The third-order valence-electron chi connectivity index (χ3n) is 3.84. The number of aryl methyl sites for hydroxylation is 1. The molecule has 1 aliphatic carbocycles. The third-order valence-corrected chi connectivity index (χ3v) is 5.38. The van der Waals surface area contributed by atoms with Crippen LogP contribution in [-0.4, -0.2) is 25.5 Å². The molecule has 0 spiro atoms. The van der Waals surface area contributed by atoms with Gasteiger partial charge < -0.3 is 5.11 Å². The van der Waals surface area contributed by atoms with E-state index < -0.39 is 27.7 Å². The molecule has 7 heteroatoms. The van der Waals surface area contributed by atoms with Gasteiger partial charge in [0.2, 0.25) is 10.0 Å². The largest absolute Gasteiger partial charge is 0.481 e. The molecule has 0 saturated heterocycles. The standard InChI is InChI=1S/C14H18FNO4S/c1-9-3-2-4-12(13(9)15)21(19,20)16-11-7-5-10(6-8-11)14(17)18/h2-4,10-11,16H,5-8H2,1H3,(H,17,18). The Morgan fingerprint density at radius 1 is 1.29 bits per heavy atom. The molecule has 21 heavy (non-hydrogen) atoms. The molecule has 0 atom stereocenters. The lowest BCUT2D eigenvalue weighted by molar-refractivity contribution is -0.142.